The molecule has 0 aliphatic carbocycles. The summed E-state index contributed by atoms with van der Waals surface area (Å²) in [6.07, 6.45) is -2.35. The zero-order valence-corrected chi connectivity index (χ0v) is 15.7. The van der Waals surface area contributed by atoms with E-state index in [-0.39, 0.29) is 5.52 Å². The molecule has 3 aromatic carbocycles. The normalized spacial score (nSPS) is 11.6. The Morgan fingerprint density at radius 3 is 2.24 bits per heavy atom. The summed E-state index contributed by atoms with van der Waals surface area (Å²) in [5.41, 5.74) is 2.78. The van der Waals surface area contributed by atoms with E-state index in [4.69, 9.17) is 4.74 Å². The fraction of sp³-hybridized carbons (Fsp3) is 0.125. The SMILES string of the molecule is COc1ccc(Cc2cnc3c(C(F)(F)F)cccc3c2-c2ccccc2)cc1. The molecule has 2 nitrogen and oxygen atoms in total. The minimum absolute atomic E-state index is 0.0302. The van der Waals surface area contributed by atoms with Crippen molar-refractivity contribution in [3.63, 3.8) is 0 Å². The molecular weight excluding hydrogens is 375 g/mol. The molecule has 5 heteroatoms. The maximum Gasteiger partial charge on any atom is 0.418 e. The molecule has 0 saturated heterocycles. The maximum atomic E-state index is 13.5. The Morgan fingerprint density at radius 2 is 1.59 bits per heavy atom. The number of aromatic nitrogens is 1. The molecule has 4 aromatic rings. The van der Waals surface area contributed by atoms with E-state index in [1.54, 1.807) is 19.4 Å². The summed E-state index contributed by atoms with van der Waals surface area (Å²) in [7, 11) is 1.61. The van der Waals surface area contributed by atoms with E-state index in [1.165, 1.54) is 6.07 Å². The van der Waals surface area contributed by atoms with Gasteiger partial charge >= 0.3 is 6.18 Å². The molecule has 1 aromatic heterocycles. The van der Waals surface area contributed by atoms with Crippen LogP contribution in [0.25, 0.3) is 22.0 Å². The van der Waals surface area contributed by atoms with Crippen molar-refractivity contribution in [2.24, 2.45) is 0 Å². The van der Waals surface area contributed by atoms with Crippen LogP contribution in [-0.4, -0.2) is 12.1 Å². The highest BCUT2D eigenvalue weighted by Crippen LogP contribution is 2.38. The lowest BCUT2D eigenvalue weighted by molar-refractivity contribution is -0.136. The Bertz CT molecular complexity index is 1140. The first-order chi connectivity index (χ1) is 14.0. The van der Waals surface area contributed by atoms with E-state index in [9.17, 15) is 13.2 Å². The van der Waals surface area contributed by atoms with Crippen molar-refractivity contribution >= 4 is 10.9 Å². The van der Waals surface area contributed by atoms with Crippen LogP contribution in [0.3, 0.4) is 0 Å². The van der Waals surface area contributed by atoms with Gasteiger partial charge in [-0.1, -0.05) is 54.6 Å². The number of nitrogens with zero attached hydrogens (tertiary/aromatic N) is 1. The molecule has 29 heavy (non-hydrogen) atoms. The number of benzene rings is 3. The summed E-state index contributed by atoms with van der Waals surface area (Å²) in [4.78, 5) is 4.22. The zero-order chi connectivity index (χ0) is 20.4. The average Bonchev–Trinajstić information content (AvgIpc) is 2.73. The average molecular weight is 393 g/mol. The van der Waals surface area contributed by atoms with Gasteiger partial charge in [-0.05, 0) is 46.9 Å². The van der Waals surface area contributed by atoms with Crippen molar-refractivity contribution in [2.75, 3.05) is 7.11 Å². The summed E-state index contributed by atoms with van der Waals surface area (Å²) in [5.74, 6) is 0.753. The van der Waals surface area contributed by atoms with Gasteiger partial charge in [0.15, 0.2) is 0 Å². The second-order valence-corrected chi connectivity index (χ2v) is 6.75. The van der Waals surface area contributed by atoms with E-state index in [1.807, 2.05) is 54.6 Å². The quantitative estimate of drug-likeness (QED) is 0.394. The minimum atomic E-state index is -4.46. The Kier molecular flexibility index (Phi) is 4.97. The van der Waals surface area contributed by atoms with Gasteiger partial charge in [-0.3, -0.25) is 4.98 Å². The predicted octanol–water partition coefficient (Wildman–Crippen LogP) is 6.52. The van der Waals surface area contributed by atoms with Gasteiger partial charge in [-0.25, -0.2) is 0 Å². The monoisotopic (exact) mass is 393 g/mol. The van der Waals surface area contributed by atoms with Crippen LogP contribution in [0.5, 0.6) is 5.75 Å². The largest absolute Gasteiger partial charge is 0.497 e. The highest BCUT2D eigenvalue weighted by Gasteiger charge is 2.33. The van der Waals surface area contributed by atoms with Crippen LogP contribution < -0.4 is 4.74 Å². The molecule has 0 unspecified atom stereocenters. The molecule has 0 spiro atoms. The number of hydrogen-bond acceptors (Lipinski definition) is 2. The standard InChI is InChI=1S/C24H18F3NO/c1-29-19-12-10-16(11-13-19)14-18-15-28-23-20(8-5-9-21(23)24(25,26)27)22(18)17-6-3-2-4-7-17/h2-13,15H,14H2,1H3. The molecule has 0 atom stereocenters. The molecule has 0 aliphatic heterocycles. The van der Waals surface area contributed by atoms with Gasteiger partial charge in [0.1, 0.15) is 5.75 Å². The number of alkyl halides is 3. The molecule has 4 rings (SSSR count). The molecule has 0 amide bonds. The Hall–Kier alpha value is -3.34. The molecule has 0 bridgehead atoms. The van der Waals surface area contributed by atoms with Gasteiger partial charge in [-0.2, -0.15) is 13.2 Å². The molecule has 0 aliphatic rings. The third kappa shape index (κ3) is 3.81. The highest BCUT2D eigenvalue weighted by atomic mass is 19.4. The van der Waals surface area contributed by atoms with E-state index in [2.05, 4.69) is 4.98 Å². The van der Waals surface area contributed by atoms with Gasteiger partial charge < -0.3 is 4.74 Å². The van der Waals surface area contributed by atoms with Crippen LogP contribution >= 0.6 is 0 Å². The molecule has 146 valence electrons. The lowest BCUT2D eigenvalue weighted by Gasteiger charge is -2.16. The number of fused-ring (bicyclic) bond motifs is 1. The highest BCUT2D eigenvalue weighted by molar-refractivity contribution is 5.97. The summed E-state index contributed by atoms with van der Waals surface area (Å²) >= 11 is 0. The number of methoxy groups -OCH3 is 1. The second-order valence-electron chi connectivity index (χ2n) is 6.75. The van der Waals surface area contributed by atoms with Gasteiger partial charge in [0.25, 0.3) is 0 Å². The summed E-state index contributed by atoms with van der Waals surface area (Å²) < 4.78 is 45.8. The molecule has 1 heterocycles. The lowest BCUT2D eigenvalue weighted by atomic mass is 9.92. The first kappa shape index (κ1) is 19.0. The summed E-state index contributed by atoms with van der Waals surface area (Å²) in [6, 6.07) is 21.3. The Morgan fingerprint density at radius 1 is 0.862 bits per heavy atom. The fourth-order valence-electron chi connectivity index (χ4n) is 3.54. The minimum Gasteiger partial charge on any atom is -0.497 e. The molecule has 0 saturated carbocycles. The van der Waals surface area contributed by atoms with Crippen LogP contribution in [-0.2, 0) is 12.6 Å². The van der Waals surface area contributed by atoms with Crippen molar-refractivity contribution in [3.8, 4) is 16.9 Å². The van der Waals surface area contributed by atoms with Gasteiger partial charge in [-0.15, -0.1) is 0 Å². The molecule has 0 N–H and O–H groups in total. The molecule has 0 radical (unpaired) electrons. The van der Waals surface area contributed by atoms with Gasteiger partial charge in [0.2, 0.25) is 0 Å². The summed E-state index contributed by atoms with van der Waals surface area (Å²) in [5, 5.41) is 0.497. The number of halogens is 3. The van der Waals surface area contributed by atoms with E-state index >= 15 is 0 Å². The first-order valence-electron chi connectivity index (χ1n) is 9.13. The topological polar surface area (TPSA) is 22.1 Å². The van der Waals surface area contributed by atoms with Crippen molar-refractivity contribution < 1.29 is 17.9 Å². The van der Waals surface area contributed by atoms with E-state index < -0.39 is 11.7 Å². The third-order valence-electron chi connectivity index (χ3n) is 4.90. The van der Waals surface area contributed by atoms with Crippen LogP contribution in [0, 0.1) is 0 Å². The van der Waals surface area contributed by atoms with Crippen LogP contribution in [0.15, 0.2) is 79.0 Å². The van der Waals surface area contributed by atoms with Crippen molar-refractivity contribution in [3.05, 3.63) is 95.7 Å². The van der Waals surface area contributed by atoms with Gasteiger partial charge in [0, 0.05) is 11.6 Å². The van der Waals surface area contributed by atoms with Crippen molar-refractivity contribution in [1.82, 2.24) is 4.98 Å². The zero-order valence-electron chi connectivity index (χ0n) is 15.7. The molecular formula is C24H18F3NO. The Labute approximate surface area is 166 Å². The number of pyridine rings is 1. The van der Waals surface area contributed by atoms with E-state index in [0.717, 1.165) is 34.1 Å². The summed E-state index contributed by atoms with van der Waals surface area (Å²) in [6.45, 7) is 0. The van der Waals surface area contributed by atoms with Gasteiger partial charge in [0.05, 0.1) is 18.2 Å². The number of hydrogen-bond donors (Lipinski definition) is 0. The number of para-hydroxylation sites is 1. The number of rotatable bonds is 4. The van der Waals surface area contributed by atoms with Crippen LogP contribution in [0.4, 0.5) is 13.2 Å². The first-order valence-corrected chi connectivity index (χ1v) is 9.13. The smallest absolute Gasteiger partial charge is 0.418 e. The second kappa shape index (κ2) is 7.59. The van der Waals surface area contributed by atoms with Crippen LogP contribution in [0.1, 0.15) is 16.7 Å². The maximum absolute atomic E-state index is 13.5. The fourth-order valence-corrected chi connectivity index (χ4v) is 3.54. The van der Waals surface area contributed by atoms with Crippen LogP contribution in [0.2, 0.25) is 0 Å². The third-order valence-corrected chi connectivity index (χ3v) is 4.90. The number of ether oxygens (including phenoxy) is 1. The Balaban J connectivity index is 1.92. The van der Waals surface area contributed by atoms with E-state index in [0.29, 0.717) is 11.8 Å². The predicted molar refractivity (Wildman–Crippen MR) is 108 cm³/mol. The van der Waals surface area contributed by atoms with Crippen molar-refractivity contribution in [1.29, 1.82) is 0 Å². The lowest BCUT2D eigenvalue weighted by Crippen LogP contribution is -2.07. The van der Waals surface area contributed by atoms with Crippen molar-refractivity contribution in [2.45, 2.75) is 12.6 Å². The molecule has 0 fully saturated rings.